The van der Waals surface area contributed by atoms with Crippen LogP contribution in [0.1, 0.15) is 0 Å². The lowest BCUT2D eigenvalue weighted by atomic mass is 9.93. The molecule has 0 amide bonds. The van der Waals surface area contributed by atoms with E-state index in [0.717, 1.165) is 66.5 Å². The lowest BCUT2D eigenvalue weighted by Crippen LogP contribution is -2.00. The summed E-state index contributed by atoms with van der Waals surface area (Å²) in [6.07, 6.45) is 0. The lowest BCUT2D eigenvalue weighted by molar-refractivity contribution is 1.07. The molecule has 0 unspecified atom stereocenters. The summed E-state index contributed by atoms with van der Waals surface area (Å²) in [5, 5.41) is 6.11. The van der Waals surface area contributed by atoms with E-state index in [1.165, 1.54) is 36.7 Å². The van der Waals surface area contributed by atoms with Gasteiger partial charge in [0.2, 0.25) is 0 Å². The van der Waals surface area contributed by atoms with Crippen molar-refractivity contribution in [3.63, 3.8) is 0 Å². The Bertz CT molecular complexity index is 3640. The number of thiophene rings is 1. The van der Waals surface area contributed by atoms with E-state index in [2.05, 4.69) is 182 Å². The van der Waals surface area contributed by atoms with Crippen LogP contribution in [0.15, 0.2) is 218 Å². The Hall–Kier alpha value is -8.12. The van der Waals surface area contributed by atoms with Crippen LogP contribution in [0.2, 0.25) is 0 Å². The molecule has 0 saturated heterocycles. The van der Waals surface area contributed by atoms with Crippen LogP contribution in [0.4, 0.5) is 0 Å². The van der Waals surface area contributed by atoms with E-state index in [4.69, 9.17) is 19.9 Å². The van der Waals surface area contributed by atoms with Crippen LogP contribution in [0.25, 0.3) is 121 Å². The number of pyridine rings is 1. The molecule has 0 aliphatic heterocycles. The summed E-state index contributed by atoms with van der Waals surface area (Å²) in [4.78, 5) is 20.3. The van der Waals surface area contributed by atoms with E-state index in [1.807, 2.05) is 47.7 Å². The van der Waals surface area contributed by atoms with Crippen LogP contribution in [-0.2, 0) is 0 Å². The maximum absolute atomic E-state index is 5.22. The molecular formula is C58H36N4S. The Kier molecular flexibility index (Phi) is 8.98. The normalized spacial score (nSPS) is 11.5. The molecule has 9 aromatic carbocycles. The van der Waals surface area contributed by atoms with Gasteiger partial charge in [-0.15, -0.1) is 11.3 Å². The maximum Gasteiger partial charge on any atom is 0.164 e. The van der Waals surface area contributed by atoms with Gasteiger partial charge < -0.3 is 0 Å². The summed E-state index contributed by atoms with van der Waals surface area (Å²) in [6, 6.07) is 76.9. The van der Waals surface area contributed by atoms with Crippen molar-refractivity contribution in [1.29, 1.82) is 0 Å². The summed E-state index contributed by atoms with van der Waals surface area (Å²) in [5.41, 5.74) is 12.9. The summed E-state index contributed by atoms with van der Waals surface area (Å²) in [7, 11) is 0. The molecule has 0 N–H and O–H groups in total. The minimum atomic E-state index is 0.632. The van der Waals surface area contributed by atoms with Crippen molar-refractivity contribution in [1.82, 2.24) is 19.9 Å². The molecule has 294 valence electrons. The second-order valence-corrected chi connectivity index (χ2v) is 16.8. The van der Waals surface area contributed by atoms with E-state index < -0.39 is 0 Å². The Morgan fingerprint density at radius 3 is 1.35 bits per heavy atom. The highest BCUT2D eigenvalue weighted by molar-refractivity contribution is 7.26. The van der Waals surface area contributed by atoms with Gasteiger partial charge in [-0.1, -0.05) is 206 Å². The van der Waals surface area contributed by atoms with Crippen molar-refractivity contribution in [2.24, 2.45) is 0 Å². The molecule has 0 atom stereocenters. The fourth-order valence-corrected chi connectivity index (χ4v) is 10.1. The summed E-state index contributed by atoms with van der Waals surface area (Å²) in [6.45, 7) is 0. The number of nitrogens with zero attached hydrogens (tertiary/aromatic N) is 4. The topological polar surface area (TPSA) is 51.6 Å². The van der Waals surface area contributed by atoms with E-state index >= 15 is 0 Å². The van der Waals surface area contributed by atoms with Crippen molar-refractivity contribution in [3.8, 4) is 78.8 Å². The highest BCUT2D eigenvalue weighted by Gasteiger charge is 2.16. The maximum atomic E-state index is 5.22. The Morgan fingerprint density at radius 2 is 0.714 bits per heavy atom. The van der Waals surface area contributed by atoms with Crippen molar-refractivity contribution >= 4 is 53.2 Å². The van der Waals surface area contributed by atoms with Gasteiger partial charge in [0.15, 0.2) is 17.5 Å². The Labute approximate surface area is 368 Å². The summed E-state index contributed by atoms with van der Waals surface area (Å²) in [5.74, 6) is 1.91. The first-order valence-corrected chi connectivity index (χ1v) is 21.9. The van der Waals surface area contributed by atoms with Gasteiger partial charge in [0.1, 0.15) is 0 Å². The third kappa shape index (κ3) is 6.63. The van der Waals surface area contributed by atoms with Gasteiger partial charge in [-0.25, -0.2) is 19.9 Å². The monoisotopic (exact) mass is 820 g/mol. The van der Waals surface area contributed by atoms with E-state index in [9.17, 15) is 0 Å². The predicted octanol–water partition coefficient (Wildman–Crippen LogP) is 15.6. The molecule has 0 fully saturated rings. The van der Waals surface area contributed by atoms with Crippen molar-refractivity contribution in [2.75, 3.05) is 0 Å². The molecule has 0 radical (unpaired) electrons. The van der Waals surface area contributed by atoms with Gasteiger partial charge in [0.05, 0.1) is 11.2 Å². The standard InChI is InChI=1S/C58H36N4S/c1-3-13-41(14-4-1)54-49-19-8-7-18-48(49)53-45(20-12-23-51(53)59-54)39-29-25-37(26-30-39)38-27-33-43(34-28-38)57-60-56(42-15-5-2-6-16-42)61-58(62-57)44-35-31-40(32-36-44)46-21-11-22-50-47-17-9-10-24-52(47)63-55(46)50/h1-36H. The molecule has 0 saturated carbocycles. The minimum Gasteiger partial charge on any atom is -0.247 e. The Balaban J connectivity index is 0.866. The zero-order valence-corrected chi connectivity index (χ0v) is 34.8. The van der Waals surface area contributed by atoms with E-state index in [1.54, 1.807) is 0 Å². The number of rotatable bonds is 7. The molecule has 63 heavy (non-hydrogen) atoms. The van der Waals surface area contributed by atoms with Crippen molar-refractivity contribution in [2.45, 2.75) is 0 Å². The molecular weight excluding hydrogens is 785 g/mol. The van der Waals surface area contributed by atoms with Gasteiger partial charge >= 0.3 is 0 Å². The zero-order chi connectivity index (χ0) is 41.7. The highest BCUT2D eigenvalue weighted by Crippen LogP contribution is 2.41. The number of aromatic nitrogens is 4. The average Bonchev–Trinajstić information content (AvgIpc) is 3.76. The van der Waals surface area contributed by atoms with Crippen molar-refractivity contribution in [3.05, 3.63) is 218 Å². The molecule has 0 aliphatic carbocycles. The molecule has 5 heteroatoms. The SMILES string of the molecule is c1ccc(-c2nc(-c3ccc(-c4ccc(-c5cccc6nc(-c7ccccc7)c7ccccc7c56)cc4)cc3)nc(-c3ccc(-c4cccc5c4sc4ccccc45)cc3)n2)cc1. The summed E-state index contributed by atoms with van der Waals surface area (Å²) < 4.78 is 2.60. The summed E-state index contributed by atoms with van der Waals surface area (Å²) >= 11 is 1.85. The fraction of sp³-hybridized carbons (Fsp3) is 0. The highest BCUT2D eigenvalue weighted by atomic mass is 32.1. The number of benzene rings is 9. The molecule has 0 bridgehead atoms. The van der Waals surface area contributed by atoms with Gasteiger partial charge in [0, 0.05) is 53.2 Å². The minimum absolute atomic E-state index is 0.632. The largest absolute Gasteiger partial charge is 0.247 e. The van der Waals surface area contributed by atoms with Crippen LogP contribution in [0, 0.1) is 0 Å². The Morgan fingerprint density at radius 1 is 0.270 bits per heavy atom. The number of hydrogen-bond donors (Lipinski definition) is 0. The quantitative estimate of drug-likeness (QED) is 0.150. The van der Waals surface area contributed by atoms with Gasteiger partial charge in [-0.3, -0.25) is 0 Å². The molecule has 3 aromatic heterocycles. The first-order valence-electron chi connectivity index (χ1n) is 21.1. The molecule has 0 aliphatic rings. The second-order valence-electron chi connectivity index (χ2n) is 15.8. The van der Waals surface area contributed by atoms with Gasteiger partial charge in [0.25, 0.3) is 0 Å². The molecule has 12 aromatic rings. The average molecular weight is 821 g/mol. The third-order valence-electron chi connectivity index (χ3n) is 12.0. The predicted molar refractivity (Wildman–Crippen MR) is 264 cm³/mol. The fourth-order valence-electron chi connectivity index (χ4n) is 8.84. The van der Waals surface area contributed by atoms with E-state index in [0.29, 0.717) is 17.5 Å². The van der Waals surface area contributed by atoms with Crippen molar-refractivity contribution < 1.29 is 0 Å². The third-order valence-corrected chi connectivity index (χ3v) is 13.2. The van der Waals surface area contributed by atoms with Crippen LogP contribution >= 0.6 is 11.3 Å². The van der Waals surface area contributed by atoms with Crippen LogP contribution in [0.3, 0.4) is 0 Å². The molecule has 3 heterocycles. The molecule has 0 spiro atoms. The van der Waals surface area contributed by atoms with E-state index in [-0.39, 0.29) is 0 Å². The second kappa shape index (κ2) is 15.4. The van der Waals surface area contributed by atoms with Crippen LogP contribution in [-0.4, -0.2) is 19.9 Å². The molecule has 4 nitrogen and oxygen atoms in total. The smallest absolute Gasteiger partial charge is 0.164 e. The first-order chi connectivity index (χ1) is 31.2. The first kappa shape index (κ1) is 36.7. The number of hydrogen-bond acceptors (Lipinski definition) is 5. The van der Waals surface area contributed by atoms with Crippen LogP contribution in [0.5, 0.6) is 0 Å². The molecule has 12 rings (SSSR count). The lowest BCUT2D eigenvalue weighted by Gasteiger charge is -2.14. The van der Waals surface area contributed by atoms with Gasteiger partial charge in [-0.05, 0) is 50.9 Å². The zero-order valence-electron chi connectivity index (χ0n) is 34.0. The van der Waals surface area contributed by atoms with Gasteiger partial charge in [-0.2, -0.15) is 0 Å². The number of fused-ring (bicyclic) bond motifs is 6. The van der Waals surface area contributed by atoms with Crippen LogP contribution < -0.4 is 0 Å².